The number of aromatic nitrogens is 2. The third-order valence-electron chi connectivity index (χ3n) is 3.24. The van der Waals surface area contributed by atoms with Gasteiger partial charge in [0.1, 0.15) is 5.82 Å². The fourth-order valence-corrected chi connectivity index (χ4v) is 2.22. The molecule has 0 atom stereocenters. The van der Waals surface area contributed by atoms with Gasteiger partial charge < -0.3 is 9.72 Å². The zero-order valence-corrected chi connectivity index (χ0v) is 11.2. The van der Waals surface area contributed by atoms with Gasteiger partial charge in [0.25, 0.3) is 5.91 Å². The molecule has 0 radical (unpaired) electrons. The molecular formula is C16H15N3O. The molecule has 0 spiro atoms. The zero-order valence-electron chi connectivity index (χ0n) is 11.2. The summed E-state index contributed by atoms with van der Waals surface area (Å²) in [5.41, 5.74) is 2.37. The minimum absolute atomic E-state index is 0.148. The van der Waals surface area contributed by atoms with Gasteiger partial charge in [-0.15, -0.1) is 0 Å². The molecule has 3 aromatic rings. The van der Waals surface area contributed by atoms with E-state index < -0.39 is 0 Å². The van der Waals surface area contributed by atoms with E-state index >= 15 is 0 Å². The Morgan fingerprint density at radius 3 is 2.70 bits per heavy atom. The van der Waals surface area contributed by atoms with E-state index in [1.54, 1.807) is 0 Å². The Morgan fingerprint density at radius 2 is 1.90 bits per heavy atom. The molecule has 1 aromatic carbocycles. The summed E-state index contributed by atoms with van der Waals surface area (Å²) < 4.78 is 1.91. The molecule has 0 aliphatic carbocycles. The number of amides is 1. The van der Waals surface area contributed by atoms with Crippen LogP contribution in [0.4, 0.5) is 0 Å². The van der Waals surface area contributed by atoms with Crippen molar-refractivity contribution >= 4 is 11.4 Å². The number of hydrogen-bond acceptors (Lipinski definition) is 2. The highest BCUT2D eigenvalue weighted by Gasteiger charge is 2.14. The molecule has 2 heterocycles. The summed E-state index contributed by atoms with van der Waals surface area (Å²) >= 11 is 0. The predicted molar refractivity (Wildman–Crippen MR) is 77.5 cm³/mol. The van der Waals surface area contributed by atoms with Gasteiger partial charge in [0, 0.05) is 12.7 Å². The highest BCUT2D eigenvalue weighted by molar-refractivity contribution is 5.99. The van der Waals surface area contributed by atoms with Gasteiger partial charge in [-0.2, -0.15) is 0 Å². The van der Waals surface area contributed by atoms with Crippen LogP contribution in [-0.4, -0.2) is 15.3 Å². The van der Waals surface area contributed by atoms with Crippen molar-refractivity contribution in [1.29, 1.82) is 0 Å². The SMILES string of the molecule is Cc1nc(C(=O)NCc2ccccc2)c2ccccn12. The lowest BCUT2D eigenvalue weighted by molar-refractivity contribution is 0.0948. The molecule has 0 saturated carbocycles. The summed E-state index contributed by atoms with van der Waals surface area (Å²) in [5, 5.41) is 2.91. The third-order valence-corrected chi connectivity index (χ3v) is 3.24. The maximum atomic E-state index is 12.3. The van der Waals surface area contributed by atoms with E-state index in [1.807, 2.05) is 66.1 Å². The number of imidazole rings is 1. The summed E-state index contributed by atoms with van der Waals surface area (Å²) in [5.74, 6) is 0.663. The number of nitrogens with one attached hydrogen (secondary N) is 1. The van der Waals surface area contributed by atoms with E-state index in [2.05, 4.69) is 10.3 Å². The number of fused-ring (bicyclic) bond motifs is 1. The van der Waals surface area contributed by atoms with Crippen LogP contribution in [0.15, 0.2) is 54.7 Å². The van der Waals surface area contributed by atoms with Gasteiger partial charge in [0.05, 0.1) is 5.52 Å². The van der Waals surface area contributed by atoms with Crippen molar-refractivity contribution in [2.24, 2.45) is 0 Å². The van der Waals surface area contributed by atoms with Crippen LogP contribution in [0.1, 0.15) is 21.9 Å². The highest BCUT2D eigenvalue weighted by Crippen LogP contribution is 2.12. The Labute approximate surface area is 117 Å². The van der Waals surface area contributed by atoms with Crippen molar-refractivity contribution in [3.05, 3.63) is 71.8 Å². The number of aryl methyl sites for hydroxylation is 1. The highest BCUT2D eigenvalue weighted by atomic mass is 16.1. The fraction of sp³-hybridized carbons (Fsp3) is 0.125. The lowest BCUT2D eigenvalue weighted by atomic mass is 10.2. The molecule has 3 rings (SSSR count). The number of carbonyl (C=O) groups is 1. The van der Waals surface area contributed by atoms with Crippen LogP contribution in [0.2, 0.25) is 0 Å². The van der Waals surface area contributed by atoms with Gasteiger partial charge in [-0.25, -0.2) is 4.98 Å². The van der Waals surface area contributed by atoms with E-state index in [0.29, 0.717) is 12.2 Å². The fourth-order valence-electron chi connectivity index (χ4n) is 2.22. The summed E-state index contributed by atoms with van der Waals surface area (Å²) in [4.78, 5) is 16.6. The molecule has 20 heavy (non-hydrogen) atoms. The van der Waals surface area contributed by atoms with Crippen molar-refractivity contribution < 1.29 is 4.79 Å². The Morgan fingerprint density at radius 1 is 1.15 bits per heavy atom. The molecule has 0 aliphatic heterocycles. The Hall–Kier alpha value is -2.62. The minimum Gasteiger partial charge on any atom is -0.347 e. The Balaban J connectivity index is 1.83. The molecule has 0 aliphatic rings. The Kier molecular flexibility index (Phi) is 3.21. The Bertz CT molecular complexity index is 747. The second kappa shape index (κ2) is 5.17. The first-order chi connectivity index (χ1) is 9.75. The van der Waals surface area contributed by atoms with Crippen molar-refractivity contribution in [3.8, 4) is 0 Å². The van der Waals surface area contributed by atoms with Gasteiger partial charge in [0.15, 0.2) is 5.69 Å². The number of benzene rings is 1. The normalized spacial score (nSPS) is 10.7. The molecule has 0 unspecified atom stereocenters. The van der Waals surface area contributed by atoms with Gasteiger partial charge in [0.2, 0.25) is 0 Å². The molecular weight excluding hydrogens is 250 g/mol. The summed E-state index contributed by atoms with van der Waals surface area (Å²) in [6, 6.07) is 15.6. The van der Waals surface area contributed by atoms with Gasteiger partial charge in [-0.05, 0) is 24.6 Å². The van der Waals surface area contributed by atoms with Crippen molar-refractivity contribution in [3.63, 3.8) is 0 Å². The van der Waals surface area contributed by atoms with Gasteiger partial charge in [-0.3, -0.25) is 4.79 Å². The van der Waals surface area contributed by atoms with Gasteiger partial charge >= 0.3 is 0 Å². The summed E-state index contributed by atoms with van der Waals surface area (Å²) in [7, 11) is 0. The van der Waals surface area contributed by atoms with E-state index in [1.165, 1.54) is 0 Å². The first kappa shape index (κ1) is 12.4. The van der Waals surface area contributed by atoms with Crippen molar-refractivity contribution in [1.82, 2.24) is 14.7 Å². The molecule has 1 N–H and O–H groups in total. The van der Waals surface area contributed by atoms with E-state index in [-0.39, 0.29) is 5.91 Å². The van der Waals surface area contributed by atoms with Crippen LogP contribution >= 0.6 is 0 Å². The molecule has 0 bridgehead atoms. The largest absolute Gasteiger partial charge is 0.347 e. The standard InChI is InChI=1S/C16H15N3O/c1-12-18-15(14-9-5-6-10-19(12)14)16(20)17-11-13-7-3-2-4-8-13/h2-10H,11H2,1H3,(H,17,20). The first-order valence-electron chi connectivity index (χ1n) is 6.51. The van der Waals surface area contributed by atoms with Crippen LogP contribution in [0.5, 0.6) is 0 Å². The van der Waals surface area contributed by atoms with Crippen LogP contribution in [0, 0.1) is 6.92 Å². The number of hydrogen-bond donors (Lipinski definition) is 1. The molecule has 1 amide bonds. The van der Waals surface area contributed by atoms with Crippen LogP contribution < -0.4 is 5.32 Å². The van der Waals surface area contributed by atoms with Crippen LogP contribution in [0.3, 0.4) is 0 Å². The number of carbonyl (C=O) groups excluding carboxylic acids is 1. The monoisotopic (exact) mass is 265 g/mol. The quantitative estimate of drug-likeness (QED) is 0.791. The molecule has 4 nitrogen and oxygen atoms in total. The van der Waals surface area contributed by atoms with E-state index in [0.717, 1.165) is 16.9 Å². The average Bonchev–Trinajstić information content (AvgIpc) is 2.84. The molecule has 0 saturated heterocycles. The van der Waals surface area contributed by atoms with Crippen LogP contribution in [0.25, 0.3) is 5.52 Å². The number of rotatable bonds is 3. The second-order valence-corrected chi connectivity index (χ2v) is 4.63. The maximum absolute atomic E-state index is 12.3. The minimum atomic E-state index is -0.148. The first-order valence-corrected chi connectivity index (χ1v) is 6.51. The lowest BCUT2D eigenvalue weighted by Gasteiger charge is -2.03. The molecule has 4 heteroatoms. The van der Waals surface area contributed by atoms with E-state index in [9.17, 15) is 4.79 Å². The van der Waals surface area contributed by atoms with Crippen molar-refractivity contribution in [2.45, 2.75) is 13.5 Å². The van der Waals surface area contributed by atoms with E-state index in [4.69, 9.17) is 0 Å². The summed E-state index contributed by atoms with van der Waals surface area (Å²) in [6.07, 6.45) is 1.91. The second-order valence-electron chi connectivity index (χ2n) is 4.63. The lowest BCUT2D eigenvalue weighted by Crippen LogP contribution is -2.23. The predicted octanol–water partition coefficient (Wildman–Crippen LogP) is 2.57. The van der Waals surface area contributed by atoms with Gasteiger partial charge in [-0.1, -0.05) is 36.4 Å². The third kappa shape index (κ3) is 2.28. The summed E-state index contributed by atoms with van der Waals surface area (Å²) in [6.45, 7) is 2.39. The molecule has 100 valence electrons. The zero-order chi connectivity index (χ0) is 13.9. The van der Waals surface area contributed by atoms with Crippen molar-refractivity contribution in [2.75, 3.05) is 0 Å². The molecule has 2 aromatic heterocycles. The number of pyridine rings is 1. The van der Waals surface area contributed by atoms with Crippen LogP contribution in [-0.2, 0) is 6.54 Å². The smallest absolute Gasteiger partial charge is 0.272 e. The number of nitrogens with zero attached hydrogens (tertiary/aromatic N) is 2. The molecule has 0 fully saturated rings. The topological polar surface area (TPSA) is 46.4 Å². The maximum Gasteiger partial charge on any atom is 0.272 e. The average molecular weight is 265 g/mol.